The van der Waals surface area contributed by atoms with Gasteiger partial charge in [0, 0.05) is 12.4 Å². The predicted octanol–water partition coefficient (Wildman–Crippen LogP) is 1.54. The van der Waals surface area contributed by atoms with E-state index in [4.69, 9.17) is 0 Å². The van der Waals surface area contributed by atoms with E-state index in [0.717, 1.165) is 5.56 Å². The Hall–Kier alpha value is -2.30. The molecule has 0 bridgehead atoms. The maximum Gasteiger partial charge on any atom is 0.244 e. The Morgan fingerprint density at radius 3 is 3.00 bits per heavy atom. The molecule has 1 amide bonds. The minimum atomic E-state index is -0.206. The van der Waals surface area contributed by atoms with Gasteiger partial charge in [-0.3, -0.25) is 4.79 Å². The average Bonchev–Trinajstić information content (AvgIpc) is 2.75. The fourth-order valence-electron chi connectivity index (χ4n) is 1.48. The Labute approximate surface area is 98.7 Å². The Bertz CT molecular complexity index is 521. The first-order chi connectivity index (χ1) is 8.15. The lowest BCUT2D eigenvalue weighted by Gasteiger charge is -2.08. The summed E-state index contributed by atoms with van der Waals surface area (Å²) in [4.78, 5) is 15.5. The fourth-order valence-corrected chi connectivity index (χ4v) is 1.48. The van der Waals surface area contributed by atoms with Crippen LogP contribution < -0.4 is 5.32 Å². The third-order valence-electron chi connectivity index (χ3n) is 2.31. The molecule has 0 aliphatic heterocycles. The molecule has 1 aromatic heterocycles. The van der Waals surface area contributed by atoms with Crippen LogP contribution in [0.15, 0.2) is 36.9 Å². The summed E-state index contributed by atoms with van der Waals surface area (Å²) < 4.78 is 1.65. The largest absolute Gasteiger partial charge is 0.506 e. The van der Waals surface area contributed by atoms with Crippen LogP contribution in [0.4, 0.5) is 5.69 Å². The topological polar surface area (TPSA) is 67.2 Å². The first-order valence-corrected chi connectivity index (χ1v) is 5.20. The molecule has 0 aliphatic rings. The van der Waals surface area contributed by atoms with E-state index in [2.05, 4.69) is 10.3 Å². The number of hydrogen-bond acceptors (Lipinski definition) is 3. The number of anilines is 1. The van der Waals surface area contributed by atoms with Gasteiger partial charge in [-0.05, 0) is 24.6 Å². The molecular formula is C12H13N3O2. The zero-order valence-electron chi connectivity index (χ0n) is 9.42. The van der Waals surface area contributed by atoms with Gasteiger partial charge >= 0.3 is 0 Å². The van der Waals surface area contributed by atoms with E-state index in [1.807, 2.05) is 13.0 Å². The zero-order chi connectivity index (χ0) is 12.3. The van der Waals surface area contributed by atoms with Crippen molar-refractivity contribution in [1.29, 1.82) is 0 Å². The highest BCUT2D eigenvalue weighted by molar-refractivity contribution is 5.92. The van der Waals surface area contributed by atoms with E-state index >= 15 is 0 Å². The van der Waals surface area contributed by atoms with Gasteiger partial charge in [0.1, 0.15) is 12.3 Å². The second kappa shape index (κ2) is 4.69. The summed E-state index contributed by atoms with van der Waals surface area (Å²) in [6.07, 6.45) is 4.87. The highest BCUT2D eigenvalue weighted by Crippen LogP contribution is 2.23. The molecule has 5 nitrogen and oxygen atoms in total. The van der Waals surface area contributed by atoms with Crippen molar-refractivity contribution < 1.29 is 9.90 Å². The lowest BCUT2D eigenvalue weighted by Crippen LogP contribution is -2.17. The number of aromatic hydroxyl groups is 1. The third-order valence-corrected chi connectivity index (χ3v) is 2.31. The molecule has 1 aromatic carbocycles. The summed E-state index contributed by atoms with van der Waals surface area (Å²) >= 11 is 0. The molecule has 2 N–H and O–H groups in total. The van der Waals surface area contributed by atoms with E-state index < -0.39 is 0 Å². The maximum atomic E-state index is 11.6. The number of hydrogen-bond donors (Lipinski definition) is 2. The Balaban J connectivity index is 2.03. The maximum absolute atomic E-state index is 11.6. The number of imidazole rings is 1. The highest BCUT2D eigenvalue weighted by Gasteiger charge is 2.06. The molecule has 0 atom stereocenters. The van der Waals surface area contributed by atoms with Gasteiger partial charge < -0.3 is 15.0 Å². The smallest absolute Gasteiger partial charge is 0.244 e. The second-order valence-corrected chi connectivity index (χ2v) is 3.80. The summed E-state index contributed by atoms with van der Waals surface area (Å²) in [5.41, 5.74) is 1.36. The van der Waals surface area contributed by atoms with E-state index in [1.165, 1.54) is 0 Å². The molecule has 0 aliphatic carbocycles. The molecule has 2 rings (SSSR count). The van der Waals surface area contributed by atoms with Crippen LogP contribution in [0.2, 0.25) is 0 Å². The van der Waals surface area contributed by atoms with Crippen LogP contribution in [0, 0.1) is 6.92 Å². The van der Waals surface area contributed by atoms with Crippen molar-refractivity contribution in [3.63, 3.8) is 0 Å². The van der Waals surface area contributed by atoms with Gasteiger partial charge in [-0.2, -0.15) is 0 Å². The summed E-state index contributed by atoms with van der Waals surface area (Å²) in [5.74, 6) is -0.133. The number of carbonyl (C=O) groups is 1. The van der Waals surface area contributed by atoms with Crippen LogP contribution in [0.25, 0.3) is 0 Å². The SMILES string of the molecule is Cc1ccc(NC(=O)Cn2ccnc2)c(O)c1. The Morgan fingerprint density at radius 1 is 1.53 bits per heavy atom. The highest BCUT2D eigenvalue weighted by atomic mass is 16.3. The zero-order valence-corrected chi connectivity index (χ0v) is 9.42. The van der Waals surface area contributed by atoms with Gasteiger partial charge in [0.2, 0.25) is 5.91 Å². The molecule has 0 saturated heterocycles. The average molecular weight is 231 g/mol. The van der Waals surface area contributed by atoms with E-state index in [1.54, 1.807) is 35.4 Å². The summed E-state index contributed by atoms with van der Waals surface area (Å²) in [6.45, 7) is 2.05. The van der Waals surface area contributed by atoms with E-state index in [0.29, 0.717) is 5.69 Å². The van der Waals surface area contributed by atoms with Crippen molar-refractivity contribution >= 4 is 11.6 Å². The number of carbonyl (C=O) groups excluding carboxylic acids is 1. The van der Waals surface area contributed by atoms with Crippen molar-refractivity contribution in [2.75, 3.05) is 5.32 Å². The third kappa shape index (κ3) is 2.84. The number of rotatable bonds is 3. The number of aromatic nitrogens is 2. The molecule has 17 heavy (non-hydrogen) atoms. The number of phenolic OH excluding ortho intramolecular Hbond substituents is 1. The van der Waals surface area contributed by atoms with E-state index in [-0.39, 0.29) is 18.2 Å². The monoisotopic (exact) mass is 231 g/mol. The summed E-state index contributed by atoms with van der Waals surface area (Å²) in [7, 11) is 0. The van der Waals surface area contributed by atoms with Gasteiger partial charge in [0.05, 0.1) is 12.0 Å². The molecule has 0 fully saturated rings. The number of benzene rings is 1. The molecule has 88 valence electrons. The molecule has 0 saturated carbocycles. The van der Waals surface area contributed by atoms with Crippen molar-refractivity contribution in [2.45, 2.75) is 13.5 Å². The minimum Gasteiger partial charge on any atom is -0.506 e. The number of aryl methyl sites for hydroxylation is 1. The Kier molecular flexibility index (Phi) is 3.09. The van der Waals surface area contributed by atoms with Gasteiger partial charge in [0.15, 0.2) is 0 Å². The van der Waals surface area contributed by atoms with Crippen LogP contribution in [0.3, 0.4) is 0 Å². The van der Waals surface area contributed by atoms with Gasteiger partial charge in [-0.25, -0.2) is 4.98 Å². The number of amides is 1. The normalized spacial score (nSPS) is 10.2. The van der Waals surface area contributed by atoms with Crippen molar-refractivity contribution in [2.24, 2.45) is 0 Å². The number of nitrogens with one attached hydrogen (secondary N) is 1. The molecule has 0 radical (unpaired) electrons. The van der Waals surface area contributed by atoms with Gasteiger partial charge in [-0.15, -0.1) is 0 Å². The molecule has 0 unspecified atom stereocenters. The minimum absolute atomic E-state index is 0.0731. The van der Waals surface area contributed by atoms with Gasteiger partial charge in [-0.1, -0.05) is 6.07 Å². The predicted molar refractivity (Wildman–Crippen MR) is 63.7 cm³/mol. The van der Waals surface area contributed by atoms with Crippen LogP contribution in [-0.2, 0) is 11.3 Å². The molecule has 2 aromatic rings. The van der Waals surface area contributed by atoms with Gasteiger partial charge in [0.25, 0.3) is 0 Å². The van der Waals surface area contributed by atoms with Crippen molar-refractivity contribution in [3.05, 3.63) is 42.5 Å². The molecule has 5 heteroatoms. The van der Waals surface area contributed by atoms with Crippen LogP contribution in [0.1, 0.15) is 5.56 Å². The van der Waals surface area contributed by atoms with Crippen LogP contribution in [0.5, 0.6) is 5.75 Å². The first kappa shape index (κ1) is 11.2. The van der Waals surface area contributed by atoms with Crippen molar-refractivity contribution in [1.82, 2.24) is 9.55 Å². The number of phenols is 1. The summed E-state index contributed by atoms with van der Waals surface area (Å²) in [6, 6.07) is 5.11. The fraction of sp³-hybridized carbons (Fsp3) is 0.167. The lowest BCUT2D eigenvalue weighted by atomic mass is 10.2. The second-order valence-electron chi connectivity index (χ2n) is 3.80. The van der Waals surface area contributed by atoms with Crippen LogP contribution in [-0.4, -0.2) is 20.6 Å². The lowest BCUT2D eigenvalue weighted by molar-refractivity contribution is -0.116. The molecular weight excluding hydrogens is 218 g/mol. The van der Waals surface area contributed by atoms with Crippen molar-refractivity contribution in [3.8, 4) is 5.75 Å². The molecule has 0 spiro atoms. The molecule has 1 heterocycles. The standard InChI is InChI=1S/C12H13N3O2/c1-9-2-3-10(11(16)6-9)14-12(17)7-15-5-4-13-8-15/h2-6,8,16H,7H2,1H3,(H,14,17). The van der Waals surface area contributed by atoms with E-state index in [9.17, 15) is 9.90 Å². The van der Waals surface area contributed by atoms with Crippen LogP contribution >= 0.6 is 0 Å². The first-order valence-electron chi connectivity index (χ1n) is 5.20. The Morgan fingerprint density at radius 2 is 2.35 bits per heavy atom. The number of nitrogens with zero attached hydrogens (tertiary/aromatic N) is 2. The summed E-state index contributed by atoms with van der Waals surface area (Å²) in [5, 5.41) is 12.3. The quantitative estimate of drug-likeness (QED) is 0.787.